The fraction of sp³-hybridized carbons (Fsp3) is 0.171. The topological polar surface area (TPSA) is 155 Å². The molecule has 0 aliphatic heterocycles. The number of isocyanates is 1. The van der Waals surface area contributed by atoms with E-state index >= 15 is 0 Å². The van der Waals surface area contributed by atoms with Gasteiger partial charge in [-0.2, -0.15) is 26.9 Å². The van der Waals surface area contributed by atoms with Crippen LogP contribution in [0.5, 0.6) is 11.5 Å². The zero-order chi connectivity index (χ0) is 42.1. The van der Waals surface area contributed by atoms with E-state index < -0.39 is 23.1 Å². The number of carbonyl (C=O) groups excluding carboxylic acids is 2. The molecule has 4 aromatic carbocycles. The molecule has 0 unspecified atom stereocenters. The summed E-state index contributed by atoms with van der Waals surface area (Å²) in [5.74, 6) is 1.02. The number of hydrogen-bond acceptors (Lipinski definition) is 12. The minimum absolute atomic E-state index is 0.135. The number of aryl methyl sites for hydroxylation is 2. The van der Waals surface area contributed by atoms with Gasteiger partial charge in [-0.3, -0.25) is 4.79 Å². The maximum atomic E-state index is 12.9. The second-order valence-corrected chi connectivity index (χ2v) is 13.8. The average Bonchev–Trinajstić information content (AvgIpc) is 3.82. The van der Waals surface area contributed by atoms with Crippen LogP contribution in [0.2, 0.25) is 0 Å². The van der Waals surface area contributed by atoms with Crippen LogP contribution in [0.15, 0.2) is 106 Å². The van der Waals surface area contributed by atoms with Gasteiger partial charge in [0, 0.05) is 34.0 Å². The highest BCUT2D eigenvalue weighted by Gasteiger charge is 2.33. The Morgan fingerprint density at radius 2 is 1.41 bits per heavy atom. The van der Waals surface area contributed by atoms with E-state index in [0.717, 1.165) is 54.6 Å². The molecular formula is C41H34F3N5O7S2. The fourth-order valence-electron chi connectivity index (χ4n) is 5.61. The van der Waals surface area contributed by atoms with Gasteiger partial charge in [0.2, 0.25) is 6.08 Å². The third kappa shape index (κ3) is 9.64. The Morgan fingerprint density at radius 3 is 1.88 bits per heavy atom. The lowest BCUT2D eigenvalue weighted by Crippen LogP contribution is -2.35. The van der Waals surface area contributed by atoms with E-state index in [1.54, 1.807) is 43.3 Å². The number of benzene rings is 4. The number of esters is 1. The van der Waals surface area contributed by atoms with Crippen LogP contribution in [0.3, 0.4) is 0 Å². The van der Waals surface area contributed by atoms with Crippen molar-refractivity contribution in [1.82, 2.24) is 18.3 Å². The molecule has 0 saturated heterocycles. The van der Waals surface area contributed by atoms with Crippen molar-refractivity contribution in [2.75, 3.05) is 20.8 Å². The Hall–Kier alpha value is -6.68. The molecule has 17 heteroatoms. The third-order valence-electron chi connectivity index (χ3n) is 8.25. The van der Waals surface area contributed by atoms with Crippen molar-refractivity contribution in [3.63, 3.8) is 0 Å². The molecule has 1 N–H and O–H groups in total. The summed E-state index contributed by atoms with van der Waals surface area (Å²) in [5.41, 5.74) is 2.29. The molecule has 0 aliphatic carbocycles. The lowest BCUT2D eigenvalue weighted by atomic mass is 10.0. The highest BCUT2D eigenvalue weighted by molar-refractivity contribution is 7.14. The van der Waals surface area contributed by atoms with Crippen molar-refractivity contribution in [1.29, 1.82) is 0 Å². The smallest absolute Gasteiger partial charge is 0.431 e. The predicted molar refractivity (Wildman–Crippen MR) is 219 cm³/mol. The average molecular weight is 830 g/mol. The summed E-state index contributed by atoms with van der Waals surface area (Å²) in [7, 11) is 3.18. The molecule has 0 aliphatic rings. The molecule has 0 atom stereocenters. The maximum Gasteiger partial charge on any atom is 0.431 e. The van der Waals surface area contributed by atoms with E-state index in [1.165, 1.54) is 36.2 Å². The minimum Gasteiger partial charge on any atom is -0.496 e. The summed E-state index contributed by atoms with van der Waals surface area (Å²) in [5, 5.41) is 1.60. The minimum atomic E-state index is -4.83. The quantitative estimate of drug-likeness (QED) is 0.0684. The number of carbonyl (C=O) groups is 1. The van der Waals surface area contributed by atoms with Gasteiger partial charge in [0.1, 0.15) is 17.2 Å². The first-order valence-electron chi connectivity index (χ1n) is 17.1. The number of H-pyrrole nitrogens is 1. The Kier molecular flexibility index (Phi) is 13.6. The Balaban J connectivity index is 0.000000198. The van der Waals surface area contributed by atoms with E-state index in [-0.39, 0.29) is 11.7 Å². The highest BCUT2D eigenvalue weighted by Crippen LogP contribution is 2.39. The molecule has 0 spiro atoms. The van der Waals surface area contributed by atoms with Crippen molar-refractivity contribution in [3.8, 4) is 39.7 Å². The van der Waals surface area contributed by atoms with Crippen molar-refractivity contribution >= 4 is 61.0 Å². The molecule has 298 valence electrons. The number of rotatable bonds is 8. The summed E-state index contributed by atoms with van der Waals surface area (Å²) in [6.07, 6.45) is -2.12. The summed E-state index contributed by atoms with van der Waals surface area (Å²) in [4.78, 5) is 50.4. The third-order valence-corrected chi connectivity index (χ3v) is 9.90. The zero-order valence-electron chi connectivity index (χ0n) is 31.6. The maximum absolute atomic E-state index is 12.9. The Labute approximate surface area is 336 Å². The number of nitrogens with zero attached hydrogens (tertiary/aromatic N) is 4. The lowest BCUT2D eigenvalue weighted by molar-refractivity contribution is -0.141. The van der Waals surface area contributed by atoms with Crippen LogP contribution >= 0.6 is 23.1 Å². The summed E-state index contributed by atoms with van der Waals surface area (Å²) < 4.78 is 65.4. The second-order valence-electron chi connectivity index (χ2n) is 12.1. The number of aromatic amines is 1. The molecule has 58 heavy (non-hydrogen) atoms. The molecule has 3 aromatic heterocycles. The summed E-state index contributed by atoms with van der Waals surface area (Å²) >= 11 is 2.64. The van der Waals surface area contributed by atoms with E-state index in [4.69, 9.17) is 9.47 Å². The standard InChI is InChI=1S/C20H14F3N3O3S.C16H12N2O2S.C5H8O2/c1-10-3-5-14(29-2)12(7-10)18-13-8-11(4-6-15(13)30-25-18)26-17(27)9-16(20(21,22)23)24-19(26)28;1-10-3-5-14(20-2)12(7-10)16-13-8-11(17-9-19)4-6-15(13)21-18-16;1-3-5(6)7-4-2/h3-9H,1-2H3,(H,24,28);3-8H,1-2H3;3H,1,4H2,2H3. The van der Waals surface area contributed by atoms with Crippen LogP contribution in [-0.4, -0.2) is 51.2 Å². The van der Waals surface area contributed by atoms with Gasteiger partial charge in [-0.25, -0.2) is 19.0 Å². The number of aromatic nitrogens is 4. The number of nitrogens with one attached hydrogen (secondary N) is 1. The SMILES string of the molecule is C=CC(=O)OCC.COc1ccc(C)cc1-c1nsc2ccc(-n3c(=O)cc(C(F)(F)F)[nH]c3=O)cc12.COc1ccc(C)cc1-c1nsc2ccc(N=C=O)cc12. The molecule has 3 heterocycles. The van der Waals surface area contributed by atoms with Gasteiger partial charge in [-0.05, 0) is 104 Å². The summed E-state index contributed by atoms with van der Waals surface area (Å²) in [6, 6.07) is 22.2. The van der Waals surface area contributed by atoms with E-state index in [9.17, 15) is 32.3 Å². The molecule has 0 saturated carbocycles. The zero-order valence-corrected chi connectivity index (χ0v) is 33.2. The Morgan fingerprint density at radius 1 is 0.862 bits per heavy atom. The Bertz CT molecular complexity index is 2770. The second kappa shape index (κ2) is 18.5. The van der Waals surface area contributed by atoms with Crippen LogP contribution in [0.4, 0.5) is 18.9 Å². The number of aliphatic imine (C=N–C) groups is 1. The first-order valence-corrected chi connectivity index (χ1v) is 18.7. The van der Waals surface area contributed by atoms with Crippen LogP contribution in [0.25, 0.3) is 48.4 Å². The first kappa shape index (κ1) is 42.5. The largest absolute Gasteiger partial charge is 0.496 e. The lowest BCUT2D eigenvalue weighted by Gasteiger charge is -2.10. The number of hydrogen-bond donors (Lipinski definition) is 1. The molecule has 7 aromatic rings. The van der Waals surface area contributed by atoms with Crippen molar-refractivity contribution < 1.29 is 37.0 Å². The van der Waals surface area contributed by atoms with Crippen molar-refractivity contribution in [2.24, 2.45) is 4.99 Å². The van der Waals surface area contributed by atoms with Gasteiger partial charge < -0.3 is 19.2 Å². The van der Waals surface area contributed by atoms with Crippen LogP contribution in [0, 0.1) is 13.8 Å². The molecule has 7 rings (SSSR count). The highest BCUT2D eigenvalue weighted by atomic mass is 32.1. The molecule has 12 nitrogen and oxygen atoms in total. The number of halogens is 3. The molecule has 0 bridgehead atoms. The van der Waals surface area contributed by atoms with E-state index in [1.807, 2.05) is 62.4 Å². The van der Waals surface area contributed by atoms with Crippen LogP contribution in [0.1, 0.15) is 23.7 Å². The van der Waals surface area contributed by atoms with E-state index in [0.29, 0.717) is 39.8 Å². The van der Waals surface area contributed by atoms with Gasteiger partial charge in [-0.15, -0.1) is 0 Å². The van der Waals surface area contributed by atoms with Gasteiger partial charge >= 0.3 is 17.8 Å². The van der Waals surface area contributed by atoms with Gasteiger partial charge in [0.25, 0.3) is 5.56 Å². The number of ether oxygens (including phenoxy) is 3. The van der Waals surface area contributed by atoms with Crippen LogP contribution in [-0.2, 0) is 20.5 Å². The normalized spacial score (nSPS) is 10.8. The summed E-state index contributed by atoms with van der Waals surface area (Å²) in [6.45, 7) is 9.33. The van der Waals surface area contributed by atoms with Gasteiger partial charge in [-0.1, -0.05) is 29.8 Å². The molecular weight excluding hydrogens is 796 g/mol. The molecule has 0 fully saturated rings. The fourth-order valence-corrected chi connectivity index (χ4v) is 7.15. The van der Waals surface area contributed by atoms with Crippen molar-refractivity contribution in [2.45, 2.75) is 26.9 Å². The number of fused-ring (bicyclic) bond motifs is 2. The van der Waals surface area contributed by atoms with Crippen molar-refractivity contribution in [3.05, 3.63) is 129 Å². The number of methoxy groups -OCH3 is 2. The monoisotopic (exact) mass is 829 g/mol. The first-order chi connectivity index (χ1) is 27.7. The molecule has 0 amide bonds. The van der Waals surface area contributed by atoms with Gasteiger partial charge in [0.15, 0.2) is 0 Å². The van der Waals surface area contributed by atoms with Crippen LogP contribution < -0.4 is 20.7 Å². The predicted octanol–water partition coefficient (Wildman–Crippen LogP) is 9.12. The van der Waals surface area contributed by atoms with Gasteiger partial charge in [0.05, 0.1) is 53.0 Å². The number of alkyl halides is 3. The van der Waals surface area contributed by atoms with E-state index in [2.05, 4.69) is 25.1 Å². The molecule has 0 radical (unpaired) electrons.